The quantitative estimate of drug-likeness (QED) is 0.257. The summed E-state index contributed by atoms with van der Waals surface area (Å²) in [5.41, 5.74) is 16.2. The van der Waals surface area contributed by atoms with Crippen molar-refractivity contribution in [1.29, 1.82) is 0 Å². The molecule has 2 unspecified atom stereocenters. The van der Waals surface area contributed by atoms with E-state index in [1.54, 1.807) is 14.1 Å². The molecule has 0 aromatic heterocycles. The molecule has 2 N–H and O–H groups in total. The maximum atomic E-state index is 9.45. The molecule has 0 aromatic carbocycles. The van der Waals surface area contributed by atoms with E-state index in [1.165, 1.54) is 10.0 Å². The first-order valence-electron chi connectivity index (χ1n) is 5.71. The molecule has 12 nitrogen and oxygen atoms in total. The van der Waals surface area contributed by atoms with Gasteiger partial charge in [-0.3, -0.25) is 10.0 Å². The van der Waals surface area contributed by atoms with Crippen LogP contribution in [0, 0.1) is 0 Å². The van der Waals surface area contributed by atoms with E-state index < -0.39 is 12.2 Å². The molecule has 12 heteroatoms. The van der Waals surface area contributed by atoms with Gasteiger partial charge in [0.1, 0.15) is 0 Å². The maximum Gasteiger partial charge on any atom is 0.0788 e. The van der Waals surface area contributed by atoms with Gasteiger partial charge in [0.2, 0.25) is 0 Å². The minimum absolute atomic E-state index is 0.0446. The average molecular weight is 286 g/mol. The molecule has 112 valence electrons. The minimum Gasteiger partial charge on any atom is -0.391 e. The summed E-state index contributed by atoms with van der Waals surface area (Å²) in [6.07, 6.45) is -1.67. The van der Waals surface area contributed by atoms with Crippen LogP contribution in [0.25, 0.3) is 20.9 Å². The Morgan fingerprint density at radius 2 is 1.25 bits per heavy atom. The van der Waals surface area contributed by atoms with E-state index in [0.717, 1.165) is 0 Å². The van der Waals surface area contributed by atoms with E-state index in [9.17, 15) is 10.2 Å². The standard InChI is InChI=1S/C8H18N10O2/c1-17(5-7(19)3-11-13-9)15-16-18(2)6-8(20)4-12-14-10/h7-8,19-20H,3-6H2,1-2H3/b16-15+. The van der Waals surface area contributed by atoms with Gasteiger partial charge < -0.3 is 10.2 Å². The predicted octanol–water partition coefficient (Wildman–Crippen LogP) is 0.475. The third kappa shape index (κ3) is 9.74. The Kier molecular flexibility index (Phi) is 9.44. The summed E-state index contributed by atoms with van der Waals surface area (Å²) in [5, 5.41) is 35.7. The Hall–Kier alpha value is -2.26. The average Bonchev–Trinajstić information content (AvgIpc) is 2.40. The number of aliphatic hydroxyl groups is 2. The first kappa shape index (κ1) is 17.7. The van der Waals surface area contributed by atoms with Crippen LogP contribution < -0.4 is 0 Å². The van der Waals surface area contributed by atoms with E-state index >= 15 is 0 Å². The van der Waals surface area contributed by atoms with Crippen LogP contribution >= 0.6 is 0 Å². The fourth-order valence-corrected chi connectivity index (χ4v) is 1.20. The molecule has 0 spiro atoms. The number of aliphatic hydroxyl groups excluding tert-OH is 2. The van der Waals surface area contributed by atoms with Crippen LogP contribution in [0.5, 0.6) is 0 Å². The van der Waals surface area contributed by atoms with Crippen molar-refractivity contribution < 1.29 is 10.2 Å². The Labute approximate surface area is 115 Å². The first-order valence-corrected chi connectivity index (χ1v) is 5.71. The molecular weight excluding hydrogens is 268 g/mol. The molecule has 0 saturated carbocycles. The Balaban J connectivity index is 4.06. The lowest BCUT2D eigenvalue weighted by molar-refractivity contribution is 0.106. The summed E-state index contributed by atoms with van der Waals surface area (Å²) in [7, 11) is 3.18. The maximum absolute atomic E-state index is 9.45. The lowest BCUT2D eigenvalue weighted by Crippen LogP contribution is -2.29. The lowest BCUT2D eigenvalue weighted by atomic mass is 10.3. The summed E-state index contributed by atoms with van der Waals surface area (Å²) < 4.78 is 0. The van der Waals surface area contributed by atoms with Gasteiger partial charge in [-0.25, -0.2) is 0 Å². The van der Waals surface area contributed by atoms with Crippen molar-refractivity contribution in [1.82, 2.24) is 10.0 Å². The summed E-state index contributed by atoms with van der Waals surface area (Å²) >= 11 is 0. The highest BCUT2D eigenvalue weighted by atomic mass is 16.3. The molecule has 2 atom stereocenters. The van der Waals surface area contributed by atoms with Gasteiger partial charge in [0, 0.05) is 23.9 Å². The van der Waals surface area contributed by atoms with E-state index in [4.69, 9.17) is 11.1 Å². The van der Waals surface area contributed by atoms with Crippen LogP contribution in [0.4, 0.5) is 0 Å². The molecule has 0 aliphatic heterocycles. The monoisotopic (exact) mass is 286 g/mol. The minimum atomic E-state index is -0.837. The molecule has 0 radical (unpaired) electrons. The summed E-state index contributed by atoms with van der Waals surface area (Å²) in [6, 6.07) is 0. The molecule has 0 rings (SSSR count). The number of hydrogen-bond acceptors (Lipinski definition) is 6. The van der Waals surface area contributed by atoms with Crippen LogP contribution in [0.2, 0.25) is 0 Å². The Morgan fingerprint density at radius 1 is 0.900 bits per heavy atom. The van der Waals surface area contributed by atoms with Crippen molar-refractivity contribution in [2.75, 3.05) is 40.3 Å². The van der Waals surface area contributed by atoms with Crippen LogP contribution in [0.15, 0.2) is 20.7 Å². The van der Waals surface area contributed by atoms with Gasteiger partial charge in [0.25, 0.3) is 0 Å². The van der Waals surface area contributed by atoms with E-state index in [2.05, 4.69) is 30.5 Å². The van der Waals surface area contributed by atoms with Crippen molar-refractivity contribution in [3.05, 3.63) is 20.9 Å². The molecule has 0 saturated heterocycles. The van der Waals surface area contributed by atoms with E-state index in [0.29, 0.717) is 0 Å². The number of rotatable bonds is 10. The second-order valence-electron chi connectivity index (χ2n) is 3.99. The van der Waals surface area contributed by atoms with E-state index in [-0.39, 0.29) is 26.2 Å². The van der Waals surface area contributed by atoms with Gasteiger partial charge in [0.05, 0.1) is 38.4 Å². The van der Waals surface area contributed by atoms with Gasteiger partial charge in [0.15, 0.2) is 0 Å². The molecule has 0 amide bonds. The summed E-state index contributed by atoms with van der Waals surface area (Å²) in [6.45, 7) is 0.212. The highest BCUT2D eigenvalue weighted by Crippen LogP contribution is 1.96. The normalized spacial score (nSPS) is 13.2. The van der Waals surface area contributed by atoms with E-state index in [1.807, 2.05) is 0 Å². The van der Waals surface area contributed by atoms with Gasteiger partial charge >= 0.3 is 0 Å². The third-order valence-corrected chi connectivity index (χ3v) is 2.01. The zero-order valence-corrected chi connectivity index (χ0v) is 11.3. The first-order chi connectivity index (χ1) is 9.49. The fourth-order valence-electron chi connectivity index (χ4n) is 1.20. The molecule has 20 heavy (non-hydrogen) atoms. The van der Waals surface area contributed by atoms with Crippen molar-refractivity contribution in [2.45, 2.75) is 12.2 Å². The van der Waals surface area contributed by atoms with Gasteiger partial charge in [-0.2, -0.15) is 0 Å². The topological polar surface area (TPSA) is 169 Å². The SMILES string of the molecule is CN(CC(O)CN=[N+]=[N-])/N=N/N(C)CC(O)CN=[N+]=[N-]. The summed E-state index contributed by atoms with van der Waals surface area (Å²) in [4.78, 5) is 5.07. The van der Waals surface area contributed by atoms with Crippen LogP contribution in [-0.4, -0.2) is 72.7 Å². The molecular formula is C8H18N10O2. The zero-order chi connectivity index (χ0) is 15.4. The van der Waals surface area contributed by atoms with Gasteiger partial charge in [-0.15, -0.1) is 0 Å². The van der Waals surface area contributed by atoms with Crippen LogP contribution in [-0.2, 0) is 0 Å². The van der Waals surface area contributed by atoms with Gasteiger partial charge in [-0.1, -0.05) is 20.7 Å². The highest BCUT2D eigenvalue weighted by molar-refractivity contribution is 4.63. The fraction of sp³-hybridized carbons (Fsp3) is 1.00. The molecule has 0 aromatic rings. The van der Waals surface area contributed by atoms with Crippen molar-refractivity contribution in [3.63, 3.8) is 0 Å². The molecule has 0 aliphatic rings. The second-order valence-corrected chi connectivity index (χ2v) is 3.99. The smallest absolute Gasteiger partial charge is 0.0788 e. The van der Waals surface area contributed by atoms with Crippen LogP contribution in [0.3, 0.4) is 0 Å². The van der Waals surface area contributed by atoms with Crippen molar-refractivity contribution in [2.24, 2.45) is 20.7 Å². The molecule has 0 fully saturated rings. The zero-order valence-electron chi connectivity index (χ0n) is 11.3. The number of azide groups is 2. The molecule has 0 heterocycles. The Bertz CT molecular complexity index is 353. The second kappa shape index (κ2) is 10.6. The number of hydrogen-bond donors (Lipinski definition) is 2. The van der Waals surface area contributed by atoms with Crippen molar-refractivity contribution >= 4 is 0 Å². The number of likely N-dealkylation sites (N-methyl/N-ethyl adjacent to an activating group) is 2. The van der Waals surface area contributed by atoms with Crippen molar-refractivity contribution in [3.8, 4) is 0 Å². The predicted molar refractivity (Wildman–Crippen MR) is 70.2 cm³/mol. The molecule has 0 aliphatic carbocycles. The Morgan fingerprint density at radius 3 is 1.55 bits per heavy atom. The highest BCUT2D eigenvalue weighted by Gasteiger charge is 2.07. The van der Waals surface area contributed by atoms with Crippen LogP contribution in [0.1, 0.15) is 0 Å². The summed E-state index contributed by atoms with van der Waals surface area (Å²) in [5.74, 6) is 0. The third-order valence-electron chi connectivity index (χ3n) is 2.01. The largest absolute Gasteiger partial charge is 0.391 e. The lowest BCUT2D eigenvalue weighted by Gasteiger charge is -2.18. The number of nitrogens with zero attached hydrogens (tertiary/aromatic N) is 10. The van der Waals surface area contributed by atoms with Gasteiger partial charge in [-0.05, 0) is 11.1 Å². The molecule has 0 bridgehead atoms.